The summed E-state index contributed by atoms with van der Waals surface area (Å²) in [5.41, 5.74) is 4.13. The molecule has 0 unspecified atom stereocenters. The van der Waals surface area contributed by atoms with E-state index in [1.165, 1.54) is 0 Å². The molecule has 0 bridgehead atoms. The molecule has 4 rings (SSSR count). The summed E-state index contributed by atoms with van der Waals surface area (Å²) in [5.74, 6) is 0.217. The molecule has 29 heavy (non-hydrogen) atoms. The van der Waals surface area contributed by atoms with Crippen molar-refractivity contribution in [3.63, 3.8) is 0 Å². The predicted octanol–water partition coefficient (Wildman–Crippen LogP) is 5.49. The summed E-state index contributed by atoms with van der Waals surface area (Å²) in [6.07, 6.45) is -0.708. The van der Waals surface area contributed by atoms with Gasteiger partial charge in [-0.1, -0.05) is 41.9 Å². The zero-order valence-corrected chi connectivity index (χ0v) is 16.9. The highest BCUT2D eigenvalue weighted by molar-refractivity contribution is 6.31. The number of hydrogen-bond donors (Lipinski definition) is 0. The molecule has 0 spiro atoms. The SMILES string of the molecule is CCOC(=O)c1cc2c(nc1C)-c1cc(Cl)ccc1O[C@@H]2OCc1ccccc1. The Bertz CT molecular complexity index is 1050. The van der Waals surface area contributed by atoms with Gasteiger partial charge in [-0.2, -0.15) is 0 Å². The van der Waals surface area contributed by atoms with Crippen LogP contribution in [0.2, 0.25) is 5.02 Å². The Balaban J connectivity index is 1.76. The second-order valence-corrected chi connectivity index (χ2v) is 7.10. The predicted molar refractivity (Wildman–Crippen MR) is 110 cm³/mol. The van der Waals surface area contributed by atoms with Crippen LogP contribution < -0.4 is 4.74 Å². The normalized spacial score (nSPS) is 14.5. The van der Waals surface area contributed by atoms with Crippen molar-refractivity contribution < 1.29 is 19.0 Å². The van der Waals surface area contributed by atoms with Gasteiger partial charge >= 0.3 is 5.97 Å². The minimum absolute atomic E-state index is 0.290. The second kappa shape index (κ2) is 8.23. The molecule has 0 fully saturated rings. The number of benzene rings is 2. The second-order valence-electron chi connectivity index (χ2n) is 6.67. The number of fused-ring (bicyclic) bond motifs is 3. The summed E-state index contributed by atoms with van der Waals surface area (Å²) in [6, 6.07) is 16.9. The molecule has 3 aromatic rings. The molecule has 2 aromatic carbocycles. The van der Waals surface area contributed by atoms with Gasteiger partial charge in [-0.25, -0.2) is 4.79 Å². The number of hydrogen-bond acceptors (Lipinski definition) is 5. The third-order valence-electron chi connectivity index (χ3n) is 4.67. The largest absolute Gasteiger partial charge is 0.462 e. The summed E-state index contributed by atoms with van der Waals surface area (Å²) in [7, 11) is 0. The van der Waals surface area contributed by atoms with E-state index in [2.05, 4.69) is 4.98 Å². The van der Waals surface area contributed by atoms with Crippen LogP contribution in [-0.4, -0.2) is 17.6 Å². The maximum atomic E-state index is 12.4. The minimum atomic E-state index is -0.708. The molecular weight excluding hydrogens is 390 g/mol. The van der Waals surface area contributed by atoms with Gasteiger partial charge < -0.3 is 14.2 Å². The molecule has 1 aliphatic heterocycles. The smallest absolute Gasteiger partial charge is 0.339 e. The van der Waals surface area contributed by atoms with Crippen LogP contribution in [0.3, 0.4) is 0 Å². The molecule has 148 valence electrons. The Morgan fingerprint density at radius 2 is 1.97 bits per heavy atom. The lowest BCUT2D eigenvalue weighted by Crippen LogP contribution is -2.20. The van der Waals surface area contributed by atoms with Crippen molar-refractivity contribution >= 4 is 17.6 Å². The lowest BCUT2D eigenvalue weighted by molar-refractivity contribution is -0.0945. The zero-order valence-electron chi connectivity index (χ0n) is 16.1. The third kappa shape index (κ3) is 3.97. The molecule has 0 radical (unpaired) electrons. The number of carbonyl (C=O) groups excluding carboxylic acids is 1. The minimum Gasteiger partial charge on any atom is -0.462 e. The number of aryl methyl sites for hydroxylation is 1. The van der Waals surface area contributed by atoms with Crippen LogP contribution in [0.5, 0.6) is 5.75 Å². The number of halogens is 1. The van der Waals surface area contributed by atoms with Crippen molar-refractivity contribution in [2.24, 2.45) is 0 Å². The number of nitrogens with zero attached hydrogens (tertiary/aromatic N) is 1. The number of aromatic nitrogens is 1. The molecule has 5 nitrogen and oxygen atoms in total. The number of ether oxygens (including phenoxy) is 3. The molecule has 2 heterocycles. The fourth-order valence-electron chi connectivity index (χ4n) is 3.27. The summed E-state index contributed by atoms with van der Waals surface area (Å²) in [6.45, 7) is 4.20. The zero-order chi connectivity index (χ0) is 20.4. The monoisotopic (exact) mass is 409 g/mol. The average molecular weight is 410 g/mol. The molecule has 0 saturated heterocycles. The Labute approximate surface area is 174 Å². The first-order valence-electron chi connectivity index (χ1n) is 9.37. The van der Waals surface area contributed by atoms with E-state index in [1.807, 2.05) is 30.3 Å². The lowest BCUT2D eigenvalue weighted by atomic mass is 9.98. The number of esters is 1. The molecule has 0 N–H and O–H groups in total. The van der Waals surface area contributed by atoms with Crippen LogP contribution in [0, 0.1) is 6.92 Å². The maximum absolute atomic E-state index is 12.4. The van der Waals surface area contributed by atoms with E-state index in [1.54, 1.807) is 38.1 Å². The van der Waals surface area contributed by atoms with Crippen LogP contribution in [0.4, 0.5) is 0 Å². The van der Waals surface area contributed by atoms with Gasteiger partial charge in [-0.05, 0) is 43.7 Å². The number of rotatable bonds is 5. The van der Waals surface area contributed by atoms with Gasteiger partial charge in [0.15, 0.2) is 0 Å². The van der Waals surface area contributed by atoms with Crippen molar-refractivity contribution in [2.75, 3.05) is 6.61 Å². The van der Waals surface area contributed by atoms with Crippen LogP contribution >= 0.6 is 11.6 Å². The van der Waals surface area contributed by atoms with Gasteiger partial charge in [-0.15, -0.1) is 0 Å². The summed E-state index contributed by atoms with van der Waals surface area (Å²) >= 11 is 6.19. The van der Waals surface area contributed by atoms with E-state index in [0.29, 0.717) is 39.9 Å². The van der Waals surface area contributed by atoms with Gasteiger partial charge in [0, 0.05) is 16.1 Å². The highest BCUT2D eigenvalue weighted by atomic mass is 35.5. The number of pyridine rings is 1. The quantitative estimate of drug-likeness (QED) is 0.521. The van der Waals surface area contributed by atoms with E-state index in [4.69, 9.17) is 25.8 Å². The van der Waals surface area contributed by atoms with Crippen molar-refractivity contribution in [3.05, 3.63) is 82.0 Å². The van der Waals surface area contributed by atoms with Crippen molar-refractivity contribution in [1.82, 2.24) is 4.98 Å². The Kier molecular flexibility index (Phi) is 5.51. The molecule has 1 aromatic heterocycles. The van der Waals surface area contributed by atoms with Gasteiger partial charge in [0.2, 0.25) is 6.29 Å². The topological polar surface area (TPSA) is 57.7 Å². The molecule has 1 aliphatic rings. The Hall–Kier alpha value is -2.89. The molecule has 0 amide bonds. The third-order valence-corrected chi connectivity index (χ3v) is 4.90. The van der Waals surface area contributed by atoms with Crippen molar-refractivity contribution in [2.45, 2.75) is 26.7 Å². The lowest BCUT2D eigenvalue weighted by Gasteiger charge is -2.29. The van der Waals surface area contributed by atoms with E-state index in [9.17, 15) is 4.79 Å². The molecular formula is C23H20ClNO4. The summed E-state index contributed by atoms with van der Waals surface area (Å²) < 4.78 is 17.3. The van der Waals surface area contributed by atoms with E-state index in [-0.39, 0.29) is 6.61 Å². The van der Waals surface area contributed by atoms with E-state index in [0.717, 1.165) is 11.1 Å². The summed E-state index contributed by atoms with van der Waals surface area (Å²) in [4.78, 5) is 17.1. The summed E-state index contributed by atoms with van der Waals surface area (Å²) in [5, 5.41) is 0.580. The highest BCUT2D eigenvalue weighted by Crippen LogP contribution is 2.43. The van der Waals surface area contributed by atoms with Crippen LogP contribution in [-0.2, 0) is 16.1 Å². The van der Waals surface area contributed by atoms with Gasteiger partial charge in [0.25, 0.3) is 0 Å². The first-order chi connectivity index (χ1) is 14.1. The van der Waals surface area contributed by atoms with E-state index >= 15 is 0 Å². The van der Waals surface area contributed by atoms with Crippen LogP contribution in [0.25, 0.3) is 11.3 Å². The standard InChI is InChI=1S/C23H20ClNO4/c1-3-27-22(26)17-12-19-21(25-14(17)2)18-11-16(24)9-10-20(18)29-23(19)28-13-15-7-5-4-6-8-15/h4-12,23H,3,13H2,1-2H3/t23-/m0/s1. The highest BCUT2D eigenvalue weighted by Gasteiger charge is 2.30. The fraction of sp³-hybridized carbons (Fsp3) is 0.217. The maximum Gasteiger partial charge on any atom is 0.339 e. The van der Waals surface area contributed by atoms with Crippen LogP contribution in [0.15, 0.2) is 54.6 Å². The van der Waals surface area contributed by atoms with Gasteiger partial charge in [-0.3, -0.25) is 4.98 Å². The average Bonchev–Trinajstić information content (AvgIpc) is 2.73. The van der Waals surface area contributed by atoms with Crippen LogP contribution in [0.1, 0.15) is 40.4 Å². The first-order valence-corrected chi connectivity index (χ1v) is 9.75. The molecule has 0 saturated carbocycles. The van der Waals surface area contributed by atoms with Crippen molar-refractivity contribution in [3.8, 4) is 17.0 Å². The molecule has 0 aliphatic carbocycles. The molecule has 6 heteroatoms. The van der Waals surface area contributed by atoms with Gasteiger partial charge in [0.05, 0.1) is 30.2 Å². The first kappa shape index (κ1) is 19.4. The fourth-order valence-corrected chi connectivity index (χ4v) is 3.44. The van der Waals surface area contributed by atoms with Gasteiger partial charge in [0.1, 0.15) is 5.75 Å². The number of carbonyl (C=O) groups is 1. The molecule has 1 atom stereocenters. The van der Waals surface area contributed by atoms with E-state index < -0.39 is 12.3 Å². The van der Waals surface area contributed by atoms with Crippen molar-refractivity contribution in [1.29, 1.82) is 0 Å². The Morgan fingerprint density at radius 1 is 1.17 bits per heavy atom. The Morgan fingerprint density at radius 3 is 2.72 bits per heavy atom.